The summed E-state index contributed by atoms with van der Waals surface area (Å²) in [5.74, 6) is -0.322. The Labute approximate surface area is 188 Å². The number of anilines is 2. The van der Waals surface area contributed by atoms with Gasteiger partial charge in [-0.3, -0.25) is 4.68 Å². The van der Waals surface area contributed by atoms with Crippen LogP contribution >= 0.6 is 0 Å². The van der Waals surface area contributed by atoms with Crippen molar-refractivity contribution in [3.8, 4) is 5.75 Å². The minimum atomic E-state index is -4.76. The third kappa shape index (κ3) is 4.81. The van der Waals surface area contributed by atoms with Crippen LogP contribution in [0.5, 0.6) is 5.75 Å². The topological polar surface area (TPSA) is 75.5 Å². The molecule has 3 aromatic rings. The highest BCUT2D eigenvalue weighted by molar-refractivity contribution is 5.91. The molecule has 3 heterocycles. The Morgan fingerprint density at radius 3 is 2.76 bits per heavy atom. The first-order valence-corrected chi connectivity index (χ1v) is 10.6. The minimum absolute atomic E-state index is 0.0963. The average molecular weight is 462 g/mol. The van der Waals surface area contributed by atoms with E-state index in [1.54, 1.807) is 28.9 Å². The van der Waals surface area contributed by atoms with E-state index in [-0.39, 0.29) is 17.8 Å². The van der Waals surface area contributed by atoms with E-state index in [0.29, 0.717) is 30.9 Å². The molecule has 1 atom stereocenters. The molecule has 0 spiro atoms. The zero-order valence-electron chi connectivity index (χ0n) is 18.6. The number of pyridine rings is 1. The molecule has 1 N–H and O–H groups in total. The molecule has 4 rings (SSSR count). The Hall–Kier alpha value is -3.50. The first kappa shape index (κ1) is 22.7. The van der Waals surface area contributed by atoms with Gasteiger partial charge in [0.25, 0.3) is 0 Å². The standard InChI is InChI=1S/C22H25F3N6O2/c1-4-15-13-30(9-10-31(15)19-7-8-26-20-17(19)12-27-29(20)3)21(32)28-18-6-5-16(11-14(18)2)33-22(23,24)25/h5-8,11-12,15H,4,9-10,13H2,1-3H3,(H,28,32)/t15-/m0/s1. The first-order valence-electron chi connectivity index (χ1n) is 10.6. The van der Waals surface area contributed by atoms with E-state index < -0.39 is 6.36 Å². The van der Waals surface area contributed by atoms with Crippen LogP contribution < -0.4 is 15.0 Å². The number of rotatable bonds is 4. The molecule has 0 bridgehead atoms. The third-order valence-corrected chi connectivity index (χ3v) is 5.84. The van der Waals surface area contributed by atoms with Crippen LogP contribution in [0.1, 0.15) is 18.9 Å². The van der Waals surface area contributed by atoms with Gasteiger partial charge in [-0.2, -0.15) is 5.10 Å². The highest BCUT2D eigenvalue weighted by Gasteiger charge is 2.32. The fourth-order valence-electron chi connectivity index (χ4n) is 4.16. The Morgan fingerprint density at radius 1 is 1.27 bits per heavy atom. The number of piperazine rings is 1. The molecule has 33 heavy (non-hydrogen) atoms. The van der Waals surface area contributed by atoms with Gasteiger partial charge in [0.1, 0.15) is 5.75 Å². The lowest BCUT2D eigenvalue weighted by atomic mass is 10.1. The summed E-state index contributed by atoms with van der Waals surface area (Å²) < 4.78 is 43.0. The van der Waals surface area contributed by atoms with Crippen LogP contribution in [0.4, 0.5) is 29.3 Å². The van der Waals surface area contributed by atoms with Gasteiger partial charge in [0.2, 0.25) is 0 Å². The van der Waals surface area contributed by atoms with Crippen molar-refractivity contribution < 1.29 is 22.7 Å². The molecular formula is C22H25F3N6O2. The predicted molar refractivity (Wildman–Crippen MR) is 118 cm³/mol. The molecule has 1 fully saturated rings. The van der Waals surface area contributed by atoms with Crippen LogP contribution in [-0.4, -0.2) is 57.7 Å². The maximum atomic E-state index is 12.9. The molecule has 2 aromatic heterocycles. The van der Waals surface area contributed by atoms with Crippen molar-refractivity contribution in [2.24, 2.45) is 7.05 Å². The lowest BCUT2D eigenvalue weighted by molar-refractivity contribution is -0.274. The molecule has 1 aliphatic rings. The van der Waals surface area contributed by atoms with Gasteiger partial charge in [-0.25, -0.2) is 9.78 Å². The van der Waals surface area contributed by atoms with Crippen LogP contribution in [0, 0.1) is 6.92 Å². The number of benzene rings is 1. The van der Waals surface area contributed by atoms with Gasteiger partial charge in [-0.1, -0.05) is 6.92 Å². The molecule has 1 aromatic carbocycles. The van der Waals surface area contributed by atoms with E-state index >= 15 is 0 Å². The number of amides is 2. The number of alkyl halides is 3. The molecule has 8 nitrogen and oxygen atoms in total. The normalized spacial score (nSPS) is 16.8. The molecule has 0 aliphatic carbocycles. The monoisotopic (exact) mass is 462 g/mol. The number of hydrogen-bond donors (Lipinski definition) is 1. The van der Waals surface area contributed by atoms with Crippen LogP contribution in [-0.2, 0) is 7.05 Å². The van der Waals surface area contributed by atoms with Crippen molar-refractivity contribution >= 4 is 28.4 Å². The Balaban J connectivity index is 1.46. The lowest BCUT2D eigenvalue weighted by Gasteiger charge is -2.42. The van der Waals surface area contributed by atoms with Crippen molar-refractivity contribution in [2.45, 2.75) is 32.7 Å². The molecule has 0 saturated carbocycles. The van der Waals surface area contributed by atoms with Crippen molar-refractivity contribution in [2.75, 3.05) is 29.9 Å². The van der Waals surface area contributed by atoms with E-state index in [9.17, 15) is 18.0 Å². The molecule has 11 heteroatoms. The highest BCUT2D eigenvalue weighted by Crippen LogP contribution is 2.30. The summed E-state index contributed by atoms with van der Waals surface area (Å²) in [6, 6.07) is 5.62. The zero-order chi connectivity index (χ0) is 23.8. The van der Waals surface area contributed by atoms with Gasteiger partial charge >= 0.3 is 12.4 Å². The summed E-state index contributed by atoms with van der Waals surface area (Å²) in [7, 11) is 1.85. The summed E-state index contributed by atoms with van der Waals surface area (Å²) in [6.45, 7) is 5.34. The molecule has 176 valence electrons. The quantitative estimate of drug-likeness (QED) is 0.626. The second kappa shape index (κ2) is 8.80. The Morgan fingerprint density at radius 2 is 2.06 bits per heavy atom. The SMILES string of the molecule is CC[C@H]1CN(C(=O)Nc2ccc(OC(F)(F)F)cc2C)CCN1c1ccnc2c1cnn2C. The van der Waals surface area contributed by atoms with Crippen molar-refractivity contribution in [3.63, 3.8) is 0 Å². The first-order chi connectivity index (χ1) is 15.7. The number of carbonyl (C=O) groups excluding carboxylic acids is 1. The van der Waals surface area contributed by atoms with E-state index in [1.165, 1.54) is 18.2 Å². The minimum Gasteiger partial charge on any atom is -0.406 e. The zero-order valence-corrected chi connectivity index (χ0v) is 18.6. The largest absolute Gasteiger partial charge is 0.573 e. The van der Waals surface area contributed by atoms with Gasteiger partial charge < -0.3 is 19.9 Å². The van der Waals surface area contributed by atoms with E-state index in [2.05, 4.69) is 32.0 Å². The van der Waals surface area contributed by atoms with Crippen molar-refractivity contribution in [3.05, 3.63) is 42.2 Å². The van der Waals surface area contributed by atoms with Crippen molar-refractivity contribution in [1.29, 1.82) is 0 Å². The second-order valence-electron chi connectivity index (χ2n) is 7.99. The van der Waals surface area contributed by atoms with Crippen LogP contribution in [0.25, 0.3) is 11.0 Å². The number of ether oxygens (including phenoxy) is 1. The Kier molecular flexibility index (Phi) is 6.05. The molecule has 2 amide bonds. The van der Waals surface area contributed by atoms with Gasteiger partial charge in [0.05, 0.1) is 17.3 Å². The number of urea groups is 1. The average Bonchev–Trinajstić information content (AvgIpc) is 3.15. The number of carbonyl (C=O) groups is 1. The number of halogens is 3. The Bertz CT molecular complexity index is 1160. The fourth-order valence-corrected chi connectivity index (χ4v) is 4.16. The van der Waals surface area contributed by atoms with Crippen LogP contribution in [0.2, 0.25) is 0 Å². The number of aryl methyl sites for hydroxylation is 2. The fraction of sp³-hybridized carbons (Fsp3) is 0.409. The number of fused-ring (bicyclic) bond motifs is 1. The molecule has 1 saturated heterocycles. The van der Waals surface area contributed by atoms with E-state index in [4.69, 9.17) is 0 Å². The summed E-state index contributed by atoms with van der Waals surface area (Å²) in [4.78, 5) is 21.3. The van der Waals surface area contributed by atoms with E-state index in [1.807, 2.05) is 13.1 Å². The second-order valence-corrected chi connectivity index (χ2v) is 7.99. The number of hydrogen-bond acceptors (Lipinski definition) is 5. The summed E-state index contributed by atoms with van der Waals surface area (Å²) in [5, 5.41) is 8.08. The van der Waals surface area contributed by atoms with Gasteiger partial charge in [0, 0.05) is 44.6 Å². The van der Waals surface area contributed by atoms with Gasteiger partial charge in [-0.15, -0.1) is 13.2 Å². The molecular weight excluding hydrogens is 437 g/mol. The maximum Gasteiger partial charge on any atom is 0.573 e. The smallest absolute Gasteiger partial charge is 0.406 e. The van der Waals surface area contributed by atoms with E-state index in [0.717, 1.165) is 23.1 Å². The molecule has 0 radical (unpaired) electrons. The summed E-state index contributed by atoms with van der Waals surface area (Å²) in [5.41, 5.74) is 2.76. The molecule has 1 aliphatic heterocycles. The van der Waals surface area contributed by atoms with Gasteiger partial charge in [-0.05, 0) is 43.2 Å². The van der Waals surface area contributed by atoms with Gasteiger partial charge in [0.15, 0.2) is 5.65 Å². The lowest BCUT2D eigenvalue weighted by Crippen LogP contribution is -2.55. The predicted octanol–water partition coefficient (Wildman–Crippen LogP) is 4.31. The summed E-state index contributed by atoms with van der Waals surface area (Å²) >= 11 is 0. The number of nitrogens with zero attached hydrogens (tertiary/aromatic N) is 5. The highest BCUT2D eigenvalue weighted by atomic mass is 19.4. The maximum absolute atomic E-state index is 12.9. The number of aromatic nitrogens is 3. The third-order valence-electron chi connectivity index (χ3n) is 5.84. The number of nitrogens with one attached hydrogen (secondary N) is 1. The van der Waals surface area contributed by atoms with Crippen LogP contribution in [0.15, 0.2) is 36.7 Å². The molecule has 0 unspecified atom stereocenters. The summed E-state index contributed by atoms with van der Waals surface area (Å²) in [6.07, 6.45) is -0.364. The van der Waals surface area contributed by atoms with Crippen LogP contribution in [0.3, 0.4) is 0 Å². The van der Waals surface area contributed by atoms with Crippen molar-refractivity contribution in [1.82, 2.24) is 19.7 Å².